The van der Waals surface area contributed by atoms with Crippen LogP contribution >= 0.6 is 0 Å². The van der Waals surface area contributed by atoms with Gasteiger partial charge in [-0.05, 0) is 30.6 Å². The summed E-state index contributed by atoms with van der Waals surface area (Å²) >= 11 is 0. The molecule has 0 spiro atoms. The molecule has 0 N–H and O–H groups in total. The fourth-order valence-corrected chi connectivity index (χ4v) is 2.86. The summed E-state index contributed by atoms with van der Waals surface area (Å²) in [6.45, 7) is 10.8. The Bertz CT molecular complexity index is 406. The van der Waals surface area contributed by atoms with Gasteiger partial charge in [-0.2, -0.15) is 0 Å². The summed E-state index contributed by atoms with van der Waals surface area (Å²) in [5.74, 6) is 0.892. The average Bonchev–Trinajstić information content (AvgIpc) is 2.98. The van der Waals surface area contributed by atoms with Crippen LogP contribution in [-0.2, 0) is 9.53 Å². The molecule has 2 aliphatic carbocycles. The number of ketones is 1. The lowest BCUT2D eigenvalue weighted by atomic mass is 9.76. The molecule has 125 valence electrons. The Labute approximate surface area is 137 Å². The van der Waals surface area contributed by atoms with Crippen molar-refractivity contribution >= 4 is 5.78 Å². The third-order valence-electron chi connectivity index (χ3n) is 4.07. The molecule has 1 radical (unpaired) electrons. The average molecular weight is 305 g/mol. The van der Waals surface area contributed by atoms with E-state index >= 15 is 0 Å². The minimum absolute atomic E-state index is 0.121. The second-order valence-corrected chi connectivity index (χ2v) is 8.11. The molecule has 1 saturated carbocycles. The fraction of sp³-hybridized carbons (Fsp3) is 0.700. The molecule has 0 aromatic heterocycles. The van der Waals surface area contributed by atoms with E-state index < -0.39 is 0 Å². The van der Waals surface area contributed by atoms with Gasteiger partial charge in [-0.25, -0.2) is 0 Å². The maximum atomic E-state index is 12.3. The molecule has 2 unspecified atom stereocenters. The summed E-state index contributed by atoms with van der Waals surface area (Å²) in [5, 5.41) is 0. The van der Waals surface area contributed by atoms with Gasteiger partial charge in [0.15, 0.2) is 5.78 Å². The zero-order valence-electron chi connectivity index (χ0n) is 15.2. The van der Waals surface area contributed by atoms with Gasteiger partial charge >= 0.3 is 0 Å². The molecule has 0 bridgehead atoms. The first-order valence-electron chi connectivity index (χ1n) is 8.51. The Kier molecular flexibility index (Phi) is 7.55. The second kappa shape index (κ2) is 8.67. The van der Waals surface area contributed by atoms with E-state index in [1.165, 1.54) is 6.42 Å². The Morgan fingerprint density at radius 3 is 2.36 bits per heavy atom. The molecule has 0 amide bonds. The van der Waals surface area contributed by atoms with Crippen molar-refractivity contribution in [2.45, 2.75) is 66.4 Å². The van der Waals surface area contributed by atoms with E-state index in [1.807, 2.05) is 24.6 Å². The van der Waals surface area contributed by atoms with Crippen molar-refractivity contribution in [1.29, 1.82) is 0 Å². The van der Waals surface area contributed by atoms with Crippen molar-refractivity contribution in [2.24, 2.45) is 17.3 Å². The van der Waals surface area contributed by atoms with E-state index in [1.54, 1.807) is 7.11 Å². The number of rotatable bonds is 4. The zero-order chi connectivity index (χ0) is 16.8. The van der Waals surface area contributed by atoms with Gasteiger partial charge in [-0.15, -0.1) is 0 Å². The van der Waals surface area contributed by atoms with Crippen LogP contribution in [0.3, 0.4) is 0 Å². The number of hydrogen-bond acceptors (Lipinski definition) is 2. The van der Waals surface area contributed by atoms with E-state index in [9.17, 15) is 4.79 Å². The zero-order valence-corrected chi connectivity index (χ0v) is 15.2. The minimum atomic E-state index is 0.121. The van der Waals surface area contributed by atoms with Crippen molar-refractivity contribution in [3.05, 3.63) is 30.2 Å². The van der Waals surface area contributed by atoms with E-state index in [0.29, 0.717) is 17.4 Å². The molecular weight excluding hydrogens is 272 g/mol. The molecule has 2 aliphatic rings. The normalized spacial score (nSPS) is 26.0. The van der Waals surface area contributed by atoms with Crippen LogP contribution in [0.5, 0.6) is 0 Å². The summed E-state index contributed by atoms with van der Waals surface area (Å²) in [6, 6.07) is 0. The van der Waals surface area contributed by atoms with Crippen LogP contribution in [0, 0.1) is 23.7 Å². The van der Waals surface area contributed by atoms with Gasteiger partial charge in [0.05, 0.1) is 6.10 Å². The number of carbonyl (C=O) groups excluding carboxylic acids is 1. The maximum Gasteiger partial charge on any atom is 0.162 e. The second-order valence-electron chi connectivity index (χ2n) is 8.11. The minimum Gasteiger partial charge on any atom is -0.381 e. The fourth-order valence-electron chi connectivity index (χ4n) is 2.86. The number of hydrogen-bond donors (Lipinski definition) is 0. The van der Waals surface area contributed by atoms with Crippen molar-refractivity contribution in [3.8, 4) is 0 Å². The van der Waals surface area contributed by atoms with Crippen LogP contribution in [0.2, 0.25) is 0 Å². The Hall–Kier alpha value is -0.890. The molecule has 2 rings (SSSR count). The predicted octanol–water partition coefficient (Wildman–Crippen LogP) is 5.15. The molecule has 2 nitrogen and oxygen atoms in total. The number of Topliss-reactive ketones (excluding diaryl/α,β-unsaturated/α-hetero) is 1. The van der Waals surface area contributed by atoms with Gasteiger partial charge in [0.25, 0.3) is 0 Å². The Morgan fingerprint density at radius 1 is 1.23 bits per heavy atom. The monoisotopic (exact) mass is 305 g/mol. The van der Waals surface area contributed by atoms with E-state index in [-0.39, 0.29) is 11.7 Å². The molecule has 2 heteroatoms. The van der Waals surface area contributed by atoms with Gasteiger partial charge in [0.2, 0.25) is 0 Å². The molecule has 1 fully saturated rings. The van der Waals surface area contributed by atoms with Crippen LogP contribution in [-0.4, -0.2) is 19.0 Å². The smallest absolute Gasteiger partial charge is 0.162 e. The molecule has 0 aliphatic heterocycles. The maximum absolute atomic E-state index is 12.3. The largest absolute Gasteiger partial charge is 0.381 e. The molecule has 0 aromatic rings. The molecule has 0 saturated heterocycles. The van der Waals surface area contributed by atoms with Crippen molar-refractivity contribution < 1.29 is 9.53 Å². The summed E-state index contributed by atoms with van der Waals surface area (Å²) in [5.41, 5.74) is 1.36. The highest BCUT2D eigenvalue weighted by Crippen LogP contribution is 2.33. The number of ether oxygens (including phenoxy) is 1. The van der Waals surface area contributed by atoms with E-state index in [4.69, 9.17) is 4.74 Å². The first kappa shape index (κ1) is 19.2. The van der Waals surface area contributed by atoms with Crippen molar-refractivity contribution in [3.63, 3.8) is 0 Å². The van der Waals surface area contributed by atoms with Gasteiger partial charge in [-0.1, -0.05) is 59.3 Å². The topological polar surface area (TPSA) is 26.3 Å². The lowest BCUT2D eigenvalue weighted by Gasteiger charge is -2.31. The Morgan fingerprint density at radius 2 is 1.86 bits per heavy atom. The van der Waals surface area contributed by atoms with Crippen LogP contribution in [0.1, 0.15) is 60.3 Å². The molecular formula is C20H33O2. The van der Waals surface area contributed by atoms with Gasteiger partial charge in [0.1, 0.15) is 0 Å². The number of allylic oxidation sites excluding steroid dienone is 4. The number of carbonyl (C=O) groups is 1. The molecule has 3 atom stereocenters. The van der Waals surface area contributed by atoms with E-state index in [2.05, 4.69) is 34.6 Å². The SMILES string of the molecule is CC(C)(C)C.CO[C@@H]1CCCC(C(C)C(=O)C2=CC=C[CH]2)C1. The first-order valence-corrected chi connectivity index (χ1v) is 8.51. The lowest BCUT2D eigenvalue weighted by molar-refractivity contribution is -0.121. The quantitative estimate of drug-likeness (QED) is 0.718. The summed E-state index contributed by atoms with van der Waals surface area (Å²) in [4.78, 5) is 12.3. The van der Waals surface area contributed by atoms with E-state index in [0.717, 1.165) is 24.8 Å². The van der Waals surface area contributed by atoms with Crippen LogP contribution in [0.4, 0.5) is 0 Å². The predicted molar refractivity (Wildman–Crippen MR) is 93.6 cm³/mol. The standard InChI is InChI=1S/C15H21O2.C5H12/c1-11(15(16)12-6-3-4-7-12)13-8-5-9-14(10-13)17-2;1-5(2,3)4/h3-4,6-7,11,13-14H,5,8-10H2,1-2H3;1-4H3/t11?,13?,14-;/m1./s1. The molecule has 0 heterocycles. The summed E-state index contributed by atoms with van der Waals surface area (Å²) in [6.07, 6.45) is 12.6. The van der Waals surface area contributed by atoms with Crippen LogP contribution < -0.4 is 0 Å². The highest BCUT2D eigenvalue weighted by atomic mass is 16.5. The highest BCUT2D eigenvalue weighted by Gasteiger charge is 2.31. The van der Waals surface area contributed by atoms with Crippen LogP contribution in [0.25, 0.3) is 0 Å². The van der Waals surface area contributed by atoms with Crippen molar-refractivity contribution in [1.82, 2.24) is 0 Å². The van der Waals surface area contributed by atoms with Gasteiger partial charge < -0.3 is 4.74 Å². The van der Waals surface area contributed by atoms with Crippen molar-refractivity contribution in [2.75, 3.05) is 7.11 Å². The summed E-state index contributed by atoms with van der Waals surface area (Å²) < 4.78 is 5.43. The van der Waals surface area contributed by atoms with Gasteiger partial charge in [-0.3, -0.25) is 4.79 Å². The third kappa shape index (κ3) is 6.91. The number of methoxy groups -OCH3 is 1. The molecule has 22 heavy (non-hydrogen) atoms. The Balaban J connectivity index is 0.000000422. The lowest BCUT2D eigenvalue weighted by Crippen LogP contribution is -2.30. The first-order chi connectivity index (χ1) is 10.2. The van der Waals surface area contributed by atoms with Gasteiger partial charge in [0, 0.05) is 25.0 Å². The summed E-state index contributed by atoms with van der Waals surface area (Å²) in [7, 11) is 1.77. The van der Waals surface area contributed by atoms with Crippen LogP contribution in [0.15, 0.2) is 23.8 Å². The third-order valence-corrected chi connectivity index (χ3v) is 4.07. The highest BCUT2D eigenvalue weighted by molar-refractivity contribution is 6.00. The molecule has 0 aromatic carbocycles.